The largest absolute Gasteiger partial charge is 0.468 e. The Kier molecular flexibility index (Phi) is 5.85. The van der Waals surface area contributed by atoms with Gasteiger partial charge in [0.25, 0.3) is 0 Å². The van der Waals surface area contributed by atoms with E-state index < -0.39 is 23.6 Å². The SMILES string of the molecule is COC(=O)C(NCCN(C)C)c1cc(F)ccc1F. The van der Waals surface area contributed by atoms with Crippen LogP contribution in [0.3, 0.4) is 0 Å². The smallest absolute Gasteiger partial charge is 0.327 e. The van der Waals surface area contributed by atoms with E-state index in [9.17, 15) is 13.6 Å². The predicted octanol–water partition coefficient (Wildman–Crippen LogP) is 1.33. The summed E-state index contributed by atoms with van der Waals surface area (Å²) < 4.78 is 31.5. The summed E-state index contributed by atoms with van der Waals surface area (Å²) in [5.74, 6) is -1.89. The van der Waals surface area contributed by atoms with E-state index in [2.05, 4.69) is 10.1 Å². The number of benzene rings is 1. The molecule has 19 heavy (non-hydrogen) atoms. The fourth-order valence-corrected chi connectivity index (χ4v) is 1.61. The number of hydrogen-bond acceptors (Lipinski definition) is 4. The highest BCUT2D eigenvalue weighted by Crippen LogP contribution is 2.19. The highest BCUT2D eigenvalue weighted by atomic mass is 19.1. The standard InChI is InChI=1S/C13H18F2N2O2/c1-17(2)7-6-16-12(13(18)19-3)10-8-9(14)4-5-11(10)15/h4-5,8,12,16H,6-7H2,1-3H3. The molecule has 0 saturated carbocycles. The molecule has 4 nitrogen and oxygen atoms in total. The van der Waals surface area contributed by atoms with Gasteiger partial charge in [-0.2, -0.15) is 0 Å². The first-order valence-corrected chi connectivity index (χ1v) is 5.86. The van der Waals surface area contributed by atoms with Gasteiger partial charge in [0.05, 0.1) is 7.11 Å². The van der Waals surface area contributed by atoms with Crippen molar-refractivity contribution in [3.8, 4) is 0 Å². The number of rotatable bonds is 6. The van der Waals surface area contributed by atoms with Gasteiger partial charge < -0.3 is 9.64 Å². The Labute approximate surface area is 111 Å². The summed E-state index contributed by atoms with van der Waals surface area (Å²) in [7, 11) is 4.95. The second kappa shape index (κ2) is 7.16. The molecule has 0 spiro atoms. The molecule has 1 unspecified atom stereocenters. The van der Waals surface area contributed by atoms with Gasteiger partial charge in [-0.15, -0.1) is 0 Å². The Morgan fingerprint density at radius 3 is 2.68 bits per heavy atom. The summed E-state index contributed by atoms with van der Waals surface area (Å²) in [5, 5.41) is 2.86. The summed E-state index contributed by atoms with van der Waals surface area (Å²) in [6.45, 7) is 1.10. The van der Waals surface area contributed by atoms with Crippen molar-refractivity contribution in [1.82, 2.24) is 10.2 Å². The quantitative estimate of drug-likeness (QED) is 0.793. The fraction of sp³-hybridized carbons (Fsp3) is 0.462. The van der Waals surface area contributed by atoms with E-state index in [1.165, 1.54) is 7.11 Å². The first-order valence-electron chi connectivity index (χ1n) is 5.86. The maximum absolute atomic E-state index is 13.7. The third-order valence-electron chi connectivity index (χ3n) is 2.61. The summed E-state index contributed by atoms with van der Waals surface area (Å²) in [6, 6.07) is 1.99. The van der Waals surface area contributed by atoms with Crippen LogP contribution in [0.4, 0.5) is 8.78 Å². The molecule has 106 valence electrons. The highest BCUT2D eigenvalue weighted by molar-refractivity contribution is 5.77. The van der Waals surface area contributed by atoms with Crippen molar-refractivity contribution in [3.05, 3.63) is 35.4 Å². The predicted molar refractivity (Wildman–Crippen MR) is 67.7 cm³/mol. The number of nitrogens with zero attached hydrogens (tertiary/aromatic N) is 1. The van der Waals surface area contributed by atoms with Gasteiger partial charge in [-0.3, -0.25) is 5.32 Å². The molecule has 0 aliphatic carbocycles. The van der Waals surface area contributed by atoms with Crippen molar-refractivity contribution in [2.45, 2.75) is 6.04 Å². The first kappa shape index (κ1) is 15.5. The fourth-order valence-electron chi connectivity index (χ4n) is 1.61. The molecule has 0 bridgehead atoms. The lowest BCUT2D eigenvalue weighted by atomic mass is 10.1. The molecule has 1 aromatic carbocycles. The van der Waals surface area contributed by atoms with Gasteiger partial charge in [0, 0.05) is 18.7 Å². The van der Waals surface area contributed by atoms with Crippen molar-refractivity contribution in [2.75, 3.05) is 34.3 Å². The van der Waals surface area contributed by atoms with E-state index in [-0.39, 0.29) is 5.56 Å². The van der Waals surface area contributed by atoms with E-state index in [0.29, 0.717) is 13.1 Å². The molecular weight excluding hydrogens is 254 g/mol. The topological polar surface area (TPSA) is 41.6 Å². The van der Waals surface area contributed by atoms with Crippen LogP contribution in [0, 0.1) is 11.6 Å². The maximum Gasteiger partial charge on any atom is 0.327 e. The molecule has 0 aliphatic heterocycles. The molecule has 0 aliphatic rings. The normalized spacial score (nSPS) is 12.5. The minimum atomic E-state index is -1.01. The molecule has 1 rings (SSSR count). The molecule has 1 aromatic rings. The molecule has 0 fully saturated rings. The summed E-state index contributed by atoms with van der Waals surface area (Å²) >= 11 is 0. The molecule has 0 amide bonds. The zero-order valence-corrected chi connectivity index (χ0v) is 11.2. The zero-order chi connectivity index (χ0) is 14.4. The first-order chi connectivity index (χ1) is 8.95. The van der Waals surface area contributed by atoms with Gasteiger partial charge in [0.15, 0.2) is 0 Å². The van der Waals surface area contributed by atoms with Crippen LogP contribution in [0.1, 0.15) is 11.6 Å². The van der Waals surface area contributed by atoms with Gasteiger partial charge in [0.1, 0.15) is 17.7 Å². The lowest BCUT2D eigenvalue weighted by Crippen LogP contribution is -2.35. The number of halogens is 2. The average molecular weight is 272 g/mol. The van der Waals surface area contributed by atoms with Gasteiger partial charge >= 0.3 is 5.97 Å². The number of carbonyl (C=O) groups is 1. The monoisotopic (exact) mass is 272 g/mol. The summed E-state index contributed by atoms with van der Waals surface area (Å²) in [5.41, 5.74) is -0.0504. The van der Waals surface area contributed by atoms with Crippen LogP contribution >= 0.6 is 0 Å². The van der Waals surface area contributed by atoms with Crippen LogP contribution in [-0.4, -0.2) is 45.2 Å². The lowest BCUT2D eigenvalue weighted by molar-refractivity contribution is -0.143. The molecule has 0 radical (unpaired) electrons. The van der Waals surface area contributed by atoms with E-state index in [0.717, 1.165) is 18.2 Å². The van der Waals surface area contributed by atoms with Crippen LogP contribution in [0.2, 0.25) is 0 Å². The number of hydrogen-bond donors (Lipinski definition) is 1. The second-order valence-electron chi connectivity index (χ2n) is 4.38. The minimum Gasteiger partial charge on any atom is -0.468 e. The number of carbonyl (C=O) groups excluding carboxylic acids is 1. The van der Waals surface area contributed by atoms with E-state index in [1.54, 1.807) is 0 Å². The minimum absolute atomic E-state index is 0.0504. The third kappa shape index (κ3) is 4.57. The van der Waals surface area contributed by atoms with Gasteiger partial charge in [0.2, 0.25) is 0 Å². The lowest BCUT2D eigenvalue weighted by Gasteiger charge is -2.19. The van der Waals surface area contributed by atoms with Crippen molar-refractivity contribution in [2.24, 2.45) is 0 Å². The molecule has 0 aromatic heterocycles. The second-order valence-corrected chi connectivity index (χ2v) is 4.38. The maximum atomic E-state index is 13.7. The molecule has 1 N–H and O–H groups in total. The average Bonchev–Trinajstić information content (AvgIpc) is 2.37. The van der Waals surface area contributed by atoms with Crippen molar-refractivity contribution in [1.29, 1.82) is 0 Å². The number of methoxy groups -OCH3 is 1. The Balaban J connectivity index is 2.89. The third-order valence-corrected chi connectivity index (χ3v) is 2.61. The molecule has 1 atom stereocenters. The van der Waals surface area contributed by atoms with Crippen LogP contribution in [-0.2, 0) is 9.53 Å². The van der Waals surface area contributed by atoms with Crippen molar-refractivity contribution < 1.29 is 18.3 Å². The summed E-state index contributed by atoms with van der Waals surface area (Å²) in [6.07, 6.45) is 0. The van der Waals surface area contributed by atoms with Crippen LogP contribution in [0.15, 0.2) is 18.2 Å². The Hall–Kier alpha value is -1.53. The van der Waals surface area contributed by atoms with E-state index in [4.69, 9.17) is 0 Å². The van der Waals surface area contributed by atoms with E-state index >= 15 is 0 Å². The van der Waals surface area contributed by atoms with Crippen LogP contribution in [0.5, 0.6) is 0 Å². The van der Waals surface area contributed by atoms with Gasteiger partial charge in [-0.1, -0.05) is 0 Å². The van der Waals surface area contributed by atoms with Crippen LogP contribution in [0.25, 0.3) is 0 Å². The Morgan fingerprint density at radius 2 is 2.11 bits per heavy atom. The highest BCUT2D eigenvalue weighted by Gasteiger charge is 2.24. The molecule has 0 saturated heterocycles. The van der Waals surface area contributed by atoms with Crippen molar-refractivity contribution in [3.63, 3.8) is 0 Å². The number of nitrogens with one attached hydrogen (secondary N) is 1. The van der Waals surface area contributed by atoms with Crippen molar-refractivity contribution >= 4 is 5.97 Å². The molecule has 6 heteroatoms. The Morgan fingerprint density at radius 1 is 1.42 bits per heavy atom. The zero-order valence-electron chi connectivity index (χ0n) is 11.2. The van der Waals surface area contributed by atoms with E-state index in [1.807, 2.05) is 19.0 Å². The Bertz CT molecular complexity index is 439. The number of ether oxygens (including phenoxy) is 1. The molecular formula is C13H18F2N2O2. The number of likely N-dealkylation sites (N-methyl/N-ethyl adjacent to an activating group) is 1. The van der Waals surface area contributed by atoms with Gasteiger partial charge in [-0.05, 0) is 32.3 Å². The summed E-state index contributed by atoms with van der Waals surface area (Å²) in [4.78, 5) is 13.6. The molecule has 0 heterocycles. The van der Waals surface area contributed by atoms with Gasteiger partial charge in [-0.25, -0.2) is 13.6 Å². The van der Waals surface area contributed by atoms with Crippen LogP contribution < -0.4 is 5.32 Å². The number of esters is 1.